The average Bonchev–Trinajstić information content (AvgIpc) is 2.30. The molecule has 0 saturated carbocycles. The average molecular weight is 226 g/mol. The van der Waals surface area contributed by atoms with Gasteiger partial charge in [-0.15, -0.1) is 0 Å². The fourth-order valence-electron chi connectivity index (χ4n) is 3.02. The van der Waals surface area contributed by atoms with Gasteiger partial charge in [-0.25, -0.2) is 0 Å². The first-order chi connectivity index (χ1) is 7.66. The number of hydrogen-bond acceptors (Lipinski definition) is 3. The van der Waals surface area contributed by atoms with Gasteiger partial charge in [-0.2, -0.15) is 0 Å². The lowest BCUT2D eigenvalue weighted by Crippen LogP contribution is -2.49. The highest BCUT2D eigenvalue weighted by Gasteiger charge is 2.27. The van der Waals surface area contributed by atoms with Gasteiger partial charge < -0.3 is 14.9 Å². The highest BCUT2D eigenvalue weighted by Crippen LogP contribution is 2.21. The summed E-state index contributed by atoms with van der Waals surface area (Å²) in [5.41, 5.74) is 0. The zero-order valence-corrected chi connectivity index (χ0v) is 10.7. The van der Waals surface area contributed by atoms with E-state index in [0.717, 1.165) is 32.0 Å². The van der Waals surface area contributed by atoms with E-state index < -0.39 is 0 Å². The molecule has 2 aliphatic rings. The molecule has 0 bridgehead atoms. The van der Waals surface area contributed by atoms with Crippen molar-refractivity contribution < 1.29 is 5.11 Å². The highest BCUT2D eigenvalue weighted by molar-refractivity contribution is 4.83. The van der Waals surface area contributed by atoms with E-state index in [1.54, 1.807) is 0 Å². The molecule has 2 heterocycles. The summed E-state index contributed by atoms with van der Waals surface area (Å²) in [6.07, 6.45) is 4.55. The summed E-state index contributed by atoms with van der Waals surface area (Å²) >= 11 is 0. The second kappa shape index (κ2) is 5.48. The first-order valence-electron chi connectivity index (χ1n) is 6.83. The third kappa shape index (κ3) is 2.96. The van der Waals surface area contributed by atoms with Gasteiger partial charge in [0.2, 0.25) is 0 Å². The van der Waals surface area contributed by atoms with E-state index in [4.69, 9.17) is 0 Å². The Hall–Kier alpha value is -0.120. The van der Waals surface area contributed by atoms with Crippen molar-refractivity contribution in [1.29, 1.82) is 0 Å². The van der Waals surface area contributed by atoms with Gasteiger partial charge in [0.25, 0.3) is 0 Å². The van der Waals surface area contributed by atoms with Crippen LogP contribution in [0.5, 0.6) is 0 Å². The Morgan fingerprint density at radius 2 is 1.50 bits per heavy atom. The molecule has 2 aliphatic heterocycles. The molecule has 3 heteroatoms. The van der Waals surface area contributed by atoms with Gasteiger partial charge in [-0.05, 0) is 52.6 Å². The van der Waals surface area contributed by atoms with Crippen LogP contribution in [0.15, 0.2) is 0 Å². The van der Waals surface area contributed by atoms with Crippen molar-refractivity contribution in [3.05, 3.63) is 0 Å². The van der Waals surface area contributed by atoms with Crippen LogP contribution in [0.2, 0.25) is 0 Å². The predicted molar refractivity (Wildman–Crippen MR) is 66.5 cm³/mol. The molecule has 2 fully saturated rings. The van der Waals surface area contributed by atoms with E-state index in [0.29, 0.717) is 6.04 Å². The molecule has 0 aromatic heterocycles. The quantitative estimate of drug-likeness (QED) is 0.769. The van der Waals surface area contributed by atoms with Crippen LogP contribution in [0, 0.1) is 0 Å². The molecule has 0 spiro atoms. The van der Waals surface area contributed by atoms with Gasteiger partial charge in [0.15, 0.2) is 0 Å². The van der Waals surface area contributed by atoms with Crippen LogP contribution in [0.1, 0.15) is 39.5 Å². The second-order valence-corrected chi connectivity index (χ2v) is 5.63. The summed E-state index contributed by atoms with van der Waals surface area (Å²) in [6, 6.07) is 1.48. The summed E-state index contributed by atoms with van der Waals surface area (Å²) in [6.45, 7) is 9.29. The maximum absolute atomic E-state index is 9.51. The predicted octanol–water partition coefficient (Wildman–Crippen LogP) is 1.32. The van der Waals surface area contributed by atoms with Crippen LogP contribution in [0.25, 0.3) is 0 Å². The van der Waals surface area contributed by atoms with E-state index in [1.165, 1.54) is 25.9 Å². The molecule has 94 valence electrons. The largest absolute Gasteiger partial charge is 0.393 e. The molecule has 3 nitrogen and oxygen atoms in total. The number of hydrogen-bond donors (Lipinski definition) is 1. The first kappa shape index (κ1) is 12.3. The van der Waals surface area contributed by atoms with Crippen LogP contribution in [-0.2, 0) is 0 Å². The van der Waals surface area contributed by atoms with E-state index in [1.807, 2.05) is 0 Å². The second-order valence-electron chi connectivity index (χ2n) is 5.63. The number of piperidine rings is 2. The van der Waals surface area contributed by atoms with Gasteiger partial charge in [0.1, 0.15) is 0 Å². The molecule has 0 aromatic rings. The van der Waals surface area contributed by atoms with Crippen molar-refractivity contribution >= 4 is 0 Å². The Morgan fingerprint density at radius 3 is 2.00 bits per heavy atom. The molecular formula is C13H26N2O. The van der Waals surface area contributed by atoms with Crippen LogP contribution in [0.4, 0.5) is 0 Å². The minimum absolute atomic E-state index is 0.0352. The molecule has 0 aliphatic carbocycles. The van der Waals surface area contributed by atoms with E-state index in [2.05, 4.69) is 23.6 Å². The maximum Gasteiger partial charge on any atom is 0.0564 e. The fraction of sp³-hybridized carbons (Fsp3) is 1.00. The molecule has 0 radical (unpaired) electrons. The van der Waals surface area contributed by atoms with Crippen molar-refractivity contribution in [1.82, 2.24) is 9.80 Å². The minimum atomic E-state index is -0.0352. The lowest BCUT2D eigenvalue weighted by Gasteiger charge is -2.42. The van der Waals surface area contributed by atoms with Crippen LogP contribution in [-0.4, -0.2) is 59.3 Å². The molecule has 1 N–H and O–H groups in total. The van der Waals surface area contributed by atoms with E-state index in [9.17, 15) is 5.11 Å². The van der Waals surface area contributed by atoms with Gasteiger partial charge in [0, 0.05) is 25.2 Å². The van der Waals surface area contributed by atoms with Gasteiger partial charge in [-0.1, -0.05) is 0 Å². The number of likely N-dealkylation sites (tertiary alicyclic amines) is 2. The molecule has 2 saturated heterocycles. The lowest BCUT2D eigenvalue weighted by molar-refractivity contribution is 0.0341. The summed E-state index contributed by atoms with van der Waals surface area (Å²) in [4.78, 5) is 5.18. The van der Waals surface area contributed by atoms with Crippen LogP contribution in [0.3, 0.4) is 0 Å². The zero-order chi connectivity index (χ0) is 11.5. The van der Waals surface area contributed by atoms with Crippen LogP contribution < -0.4 is 0 Å². The van der Waals surface area contributed by atoms with Crippen molar-refractivity contribution in [2.24, 2.45) is 0 Å². The summed E-state index contributed by atoms with van der Waals surface area (Å²) in [5, 5.41) is 9.51. The standard InChI is InChI=1S/C13H26N2O/c1-11(2)14-7-3-12(4-8-14)15-9-5-13(16)6-10-15/h11-13,16H,3-10H2,1-2H3. The number of rotatable bonds is 2. The van der Waals surface area contributed by atoms with Gasteiger partial charge in [-0.3, -0.25) is 0 Å². The third-order valence-electron chi connectivity index (χ3n) is 4.24. The maximum atomic E-state index is 9.51. The lowest BCUT2D eigenvalue weighted by atomic mass is 9.98. The Kier molecular flexibility index (Phi) is 4.22. The molecule has 0 amide bonds. The van der Waals surface area contributed by atoms with Crippen LogP contribution >= 0.6 is 0 Å². The molecule has 0 unspecified atom stereocenters. The Balaban J connectivity index is 1.76. The van der Waals surface area contributed by atoms with Crippen molar-refractivity contribution in [3.8, 4) is 0 Å². The van der Waals surface area contributed by atoms with Crippen molar-refractivity contribution in [2.75, 3.05) is 26.2 Å². The normalized spacial score (nSPS) is 27.8. The first-order valence-corrected chi connectivity index (χ1v) is 6.83. The van der Waals surface area contributed by atoms with Gasteiger partial charge in [0.05, 0.1) is 6.10 Å². The summed E-state index contributed by atoms with van der Waals surface area (Å²) in [7, 11) is 0. The third-order valence-corrected chi connectivity index (χ3v) is 4.24. The van der Waals surface area contributed by atoms with E-state index >= 15 is 0 Å². The minimum Gasteiger partial charge on any atom is -0.393 e. The van der Waals surface area contributed by atoms with Gasteiger partial charge >= 0.3 is 0 Å². The molecule has 0 aromatic carbocycles. The molecule has 2 rings (SSSR count). The Bertz CT molecular complexity index is 204. The Morgan fingerprint density at radius 1 is 0.938 bits per heavy atom. The van der Waals surface area contributed by atoms with Crippen molar-refractivity contribution in [3.63, 3.8) is 0 Å². The summed E-state index contributed by atoms with van der Waals surface area (Å²) < 4.78 is 0. The Labute approximate surface area is 99.4 Å². The number of nitrogens with zero attached hydrogens (tertiary/aromatic N) is 2. The molecule has 16 heavy (non-hydrogen) atoms. The molecular weight excluding hydrogens is 200 g/mol. The SMILES string of the molecule is CC(C)N1CCC(N2CCC(O)CC2)CC1. The van der Waals surface area contributed by atoms with E-state index in [-0.39, 0.29) is 6.10 Å². The monoisotopic (exact) mass is 226 g/mol. The number of aliphatic hydroxyl groups excluding tert-OH is 1. The smallest absolute Gasteiger partial charge is 0.0564 e. The number of aliphatic hydroxyl groups is 1. The molecule has 0 atom stereocenters. The fourth-order valence-corrected chi connectivity index (χ4v) is 3.02. The van der Waals surface area contributed by atoms with Crippen molar-refractivity contribution in [2.45, 2.75) is 57.7 Å². The summed E-state index contributed by atoms with van der Waals surface area (Å²) in [5.74, 6) is 0. The topological polar surface area (TPSA) is 26.7 Å². The highest BCUT2D eigenvalue weighted by atomic mass is 16.3. The zero-order valence-electron chi connectivity index (χ0n) is 10.7.